The number of aliphatic hydroxyl groups is 2. The average molecular weight is 774 g/mol. The van der Waals surface area contributed by atoms with Gasteiger partial charge < -0.3 is 36.2 Å². The highest BCUT2D eigenvalue weighted by molar-refractivity contribution is 7.13. The summed E-state index contributed by atoms with van der Waals surface area (Å²) in [6.45, 7) is 10.7. The Hall–Kier alpha value is -5.15. The number of β-amino-alcohol motifs (C(OH)–C–C–N with tert-alkyl or cyclic N) is 1. The number of amides is 2. The zero-order valence-electron chi connectivity index (χ0n) is 31.8. The summed E-state index contributed by atoms with van der Waals surface area (Å²) in [5, 5.41) is 43.3. The molecule has 7 N–H and O–H groups in total. The lowest BCUT2D eigenvalue weighted by atomic mass is 9.85. The number of rotatable bonds is 10. The summed E-state index contributed by atoms with van der Waals surface area (Å²) >= 11 is 1.58. The Morgan fingerprint density at radius 3 is 2.49 bits per heavy atom. The van der Waals surface area contributed by atoms with Crippen LogP contribution in [0.3, 0.4) is 0 Å². The fourth-order valence-electron chi connectivity index (χ4n) is 7.39. The third kappa shape index (κ3) is 8.89. The third-order valence-corrected chi connectivity index (χ3v) is 11.5. The summed E-state index contributed by atoms with van der Waals surface area (Å²) in [6.07, 6.45) is 0.878. The van der Waals surface area contributed by atoms with Gasteiger partial charge in [0.05, 0.1) is 33.6 Å². The molecule has 0 radical (unpaired) electrons. The highest BCUT2D eigenvalue weighted by Gasteiger charge is 2.46. The molecule has 0 unspecified atom stereocenters. The second-order valence-corrected chi connectivity index (χ2v) is 16.5. The number of phenols is 1. The predicted octanol–water partition coefficient (Wildman–Crippen LogP) is 3.90. The number of likely N-dealkylation sites (tertiary alicyclic amines) is 1. The maximum atomic E-state index is 14.2. The molecule has 4 atom stereocenters. The van der Waals surface area contributed by atoms with Crippen LogP contribution >= 0.6 is 11.3 Å². The molecule has 0 bridgehead atoms. The molecule has 2 fully saturated rings. The van der Waals surface area contributed by atoms with Crippen LogP contribution in [0.15, 0.2) is 54.0 Å². The molecule has 4 heterocycles. The number of benzene rings is 2. The van der Waals surface area contributed by atoms with E-state index in [0.29, 0.717) is 31.6 Å². The van der Waals surface area contributed by atoms with Crippen molar-refractivity contribution in [1.29, 1.82) is 0 Å². The first-order valence-electron chi connectivity index (χ1n) is 18.6. The Kier molecular flexibility index (Phi) is 11.7. The Balaban J connectivity index is 1.08. The Bertz CT molecular complexity index is 2040. The van der Waals surface area contributed by atoms with E-state index in [-0.39, 0.29) is 66.1 Å². The fraction of sp³-hybridized carbons (Fsp3) is 0.450. The molecule has 6 rings (SSSR count). The smallest absolute Gasteiger partial charge is 0.356 e. The molecule has 2 saturated heterocycles. The second-order valence-electron chi connectivity index (χ2n) is 15.7. The van der Waals surface area contributed by atoms with Gasteiger partial charge in [0.15, 0.2) is 29.5 Å². The van der Waals surface area contributed by atoms with Crippen LogP contribution < -0.4 is 20.9 Å². The van der Waals surface area contributed by atoms with E-state index in [2.05, 4.69) is 25.5 Å². The molecular formula is C40H50FN8O5S+. The number of hydrogen-bond donors (Lipinski definition) is 6. The van der Waals surface area contributed by atoms with E-state index < -0.39 is 35.2 Å². The first-order valence-corrected chi connectivity index (χ1v) is 19.4. The van der Waals surface area contributed by atoms with Crippen molar-refractivity contribution in [2.24, 2.45) is 11.3 Å². The zero-order chi connectivity index (χ0) is 39.6. The largest absolute Gasteiger partial charge is 0.504 e. The molecule has 13 nitrogen and oxygen atoms in total. The quantitative estimate of drug-likeness (QED) is 0.102. The van der Waals surface area contributed by atoms with Gasteiger partial charge in [0, 0.05) is 50.5 Å². The number of piperidine rings is 1. The number of nitrogens with two attached hydrogens (primary N) is 1. The topological polar surface area (TPSA) is 192 Å². The SMILES string of the molecule is Cc1ncsc1-c1ccc([C@H](C)[NH+]=C(O)[C@@H]2C[C@@H](O)CN2C(=O)[C@@H](NC(=O)CC2CCN(c3cc(-c4cccc(F)c4O)nnc3N)CC2)C(C)(C)C)cc1. The van der Waals surface area contributed by atoms with Crippen molar-refractivity contribution >= 4 is 40.6 Å². The lowest BCUT2D eigenvalue weighted by Crippen LogP contribution is -2.77. The minimum absolute atomic E-state index is 0.0287. The van der Waals surface area contributed by atoms with Crippen LogP contribution in [-0.4, -0.2) is 90.9 Å². The number of carbonyl (C=O) groups is 2. The molecule has 55 heavy (non-hydrogen) atoms. The lowest BCUT2D eigenvalue weighted by molar-refractivity contribution is -0.515. The van der Waals surface area contributed by atoms with E-state index in [0.717, 1.165) is 27.8 Å². The average Bonchev–Trinajstić information content (AvgIpc) is 3.77. The molecule has 2 aliphatic heterocycles. The van der Waals surface area contributed by atoms with Crippen molar-refractivity contribution in [1.82, 2.24) is 25.4 Å². The highest BCUT2D eigenvalue weighted by atomic mass is 32.1. The normalized spacial score (nSPS) is 19.4. The van der Waals surface area contributed by atoms with Crippen LogP contribution in [0.1, 0.15) is 70.7 Å². The highest BCUT2D eigenvalue weighted by Crippen LogP contribution is 2.35. The van der Waals surface area contributed by atoms with Gasteiger partial charge in [-0.3, -0.25) is 9.59 Å². The molecule has 4 aromatic rings. The summed E-state index contributed by atoms with van der Waals surface area (Å²) in [7, 11) is 0. The summed E-state index contributed by atoms with van der Waals surface area (Å²) < 4.78 is 14.0. The Labute approximate surface area is 324 Å². The molecule has 2 aromatic heterocycles. The number of nitrogens with zero attached hydrogens (tertiary/aromatic N) is 5. The molecule has 2 aromatic carbocycles. The van der Waals surface area contributed by atoms with E-state index in [1.54, 1.807) is 23.5 Å². The number of nitrogen functional groups attached to an aromatic ring is 1. The number of aliphatic hydroxyl groups excluding tert-OH is 2. The van der Waals surface area contributed by atoms with Crippen molar-refractivity contribution in [3.63, 3.8) is 0 Å². The van der Waals surface area contributed by atoms with Gasteiger partial charge in [0.25, 0.3) is 0 Å². The molecule has 0 spiro atoms. The number of nitrogens with one attached hydrogen (secondary N) is 2. The number of carbonyl (C=O) groups excluding carboxylic acids is 2. The van der Waals surface area contributed by atoms with Gasteiger partial charge >= 0.3 is 5.90 Å². The lowest BCUT2D eigenvalue weighted by Gasteiger charge is -2.36. The maximum absolute atomic E-state index is 14.2. The first-order chi connectivity index (χ1) is 26.1. The van der Waals surface area contributed by atoms with Crippen molar-refractivity contribution in [3.8, 4) is 27.4 Å². The zero-order valence-corrected chi connectivity index (χ0v) is 32.6. The minimum Gasteiger partial charge on any atom is -0.504 e. The monoisotopic (exact) mass is 773 g/mol. The van der Waals surface area contributed by atoms with Crippen LogP contribution in [-0.2, 0) is 9.59 Å². The predicted molar refractivity (Wildman–Crippen MR) is 210 cm³/mol. The van der Waals surface area contributed by atoms with E-state index >= 15 is 0 Å². The molecule has 2 amide bonds. The fourth-order valence-corrected chi connectivity index (χ4v) is 8.20. The van der Waals surface area contributed by atoms with Gasteiger partial charge in [0.2, 0.25) is 11.8 Å². The number of aromatic hydroxyl groups is 1. The van der Waals surface area contributed by atoms with Crippen molar-refractivity contribution in [3.05, 3.63) is 71.1 Å². The number of aryl methyl sites for hydroxylation is 1. The molecule has 292 valence electrons. The number of thiazole rings is 1. The number of halogens is 1. The van der Waals surface area contributed by atoms with Gasteiger partial charge in [-0.2, -0.15) is 0 Å². The number of phenolic OH excluding ortho intramolecular Hbond substituents is 1. The molecule has 0 aliphatic carbocycles. The summed E-state index contributed by atoms with van der Waals surface area (Å²) in [5.41, 5.74) is 11.4. The van der Waals surface area contributed by atoms with Gasteiger partial charge in [-0.05, 0) is 54.9 Å². The summed E-state index contributed by atoms with van der Waals surface area (Å²) in [4.78, 5) is 39.8. The van der Waals surface area contributed by atoms with Gasteiger partial charge in [-0.25, -0.2) is 14.4 Å². The van der Waals surface area contributed by atoms with Crippen LogP contribution in [0.4, 0.5) is 15.9 Å². The van der Waals surface area contributed by atoms with E-state index in [9.17, 15) is 29.3 Å². The molecule has 2 aliphatic rings. The number of para-hydroxylation sites is 1. The second kappa shape index (κ2) is 16.3. The van der Waals surface area contributed by atoms with E-state index in [4.69, 9.17) is 5.73 Å². The minimum atomic E-state index is -0.902. The van der Waals surface area contributed by atoms with Gasteiger partial charge in [-0.15, -0.1) is 21.5 Å². The third-order valence-electron chi connectivity index (χ3n) is 10.6. The Morgan fingerprint density at radius 2 is 1.84 bits per heavy atom. The molecule has 15 heteroatoms. The van der Waals surface area contributed by atoms with Crippen LogP contribution in [0.5, 0.6) is 5.75 Å². The van der Waals surface area contributed by atoms with E-state index in [1.165, 1.54) is 11.0 Å². The number of aromatic nitrogens is 3. The van der Waals surface area contributed by atoms with Gasteiger partial charge in [0.1, 0.15) is 6.04 Å². The molecule has 0 saturated carbocycles. The maximum Gasteiger partial charge on any atom is 0.356 e. The van der Waals surface area contributed by atoms with Crippen LogP contribution in [0.2, 0.25) is 0 Å². The Morgan fingerprint density at radius 1 is 1.13 bits per heavy atom. The molecular weight excluding hydrogens is 724 g/mol. The van der Waals surface area contributed by atoms with Crippen LogP contribution in [0, 0.1) is 24.1 Å². The van der Waals surface area contributed by atoms with Crippen molar-refractivity contribution in [2.45, 2.75) is 84.5 Å². The number of anilines is 2. The van der Waals surface area contributed by atoms with Crippen LogP contribution in [0.25, 0.3) is 21.7 Å². The first kappa shape index (κ1) is 39.5. The number of hydrogen-bond acceptors (Lipinski definition) is 10. The van der Waals surface area contributed by atoms with Crippen molar-refractivity contribution in [2.75, 3.05) is 30.3 Å². The van der Waals surface area contributed by atoms with E-state index in [1.807, 2.05) is 69.3 Å². The summed E-state index contributed by atoms with van der Waals surface area (Å²) in [6, 6.07) is 11.9. The van der Waals surface area contributed by atoms with Crippen molar-refractivity contribution < 1.29 is 34.3 Å². The summed E-state index contributed by atoms with van der Waals surface area (Å²) in [5.74, 6) is -1.77. The standard InChI is InChI=1S/C40H49FN8O5S/c1-22(25-9-11-26(12-10-25)35-23(2)43-21-55-35)44-38(53)32-18-27(50)20-49(32)39(54)36(40(3,4)5)45-33(51)17-24-13-15-48(16-14-24)31-19-30(46-47-37(31)42)28-7-6-8-29(41)34(28)52/h6-12,19,21-22,24,27,32,36,50,52H,13-18,20H2,1-5H3,(H2,42,47)(H,44,53)(H,45,51)/p+1/t22-,27+,32-,36+/m0/s1. The van der Waals surface area contributed by atoms with Gasteiger partial charge in [-0.1, -0.05) is 51.1 Å².